The zero-order valence-corrected chi connectivity index (χ0v) is 12.5. The lowest BCUT2D eigenvalue weighted by Crippen LogP contribution is -2.16. The van der Waals surface area contributed by atoms with Crippen molar-refractivity contribution in [2.45, 2.75) is 45.1 Å². The Kier molecular flexibility index (Phi) is 3.47. The molecule has 0 saturated heterocycles. The fourth-order valence-corrected chi connectivity index (χ4v) is 2.07. The van der Waals surface area contributed by atoms with Crippen LogP contribution in [0.5, 0.6) is 5.75 Å². The van der Waals surface area contributed by atoms with Crippen LogP contribution in [0.4, 0.5) is 5.82 Å². The second-order valence-corrected chi connectivity index (χ2v) is 7.76. The molecule has 1 aromatic heterocycles. The van der Waals surface area contributed by atoms with Crippen molar-refractivity contribution >= 4 is 15.8 Å². The molecule has 0 spiro atoms. The van der Waals surface area contributed by atoms with Crippen molar-refractivity contribution in [3.05, 3.63) is 17.8 Å². The number of hydrogen-bond acceptors (Lipinski definition) is 4. The van der Waals surface area contributed by atoms with Crippen LogP contribution in [0, 0.1) is 0 Å². The summed E-state index contributed by atoms with van der Waals surface area (Å²) in [5.74, 6) is 0.780. The molecule has 1 N–H and O–H groups in total. The van der Waals surface area contributed by atoms with Crippen molar-refractivity contribution < 1.29 is 13.2 Å². The molecule has 0 bridgehead atoms. The molecular weight excluding hydrogens is 264 g/mol. The average molecular weight is 284 g/mol. The van der Waals surface area contributed by atoms with Crippen LogP contribution in [0.15, 0.2) is 12.3 Å². The van der Waals surface area contributed by atoms with Gasteiger partial charge in [0.15, 0.2) is 11.6 Å². The summed E-state index contributed by atoms with van der Waals surface area (Å²) in [5.41, 5.74) is 0.959. The summed E-state index contributed by atoms with van der Waals surface area (Å²) in [4.78, 5) is 4.20. The summed E-state index contributed by atoms with van der Waals surface area (Å²) in [6, 6.07) is 1.87. The third kappa shape index (κ3) is 4.09. The molecule has 0 radical (unpaired) electrons. The van der Waals surface area contributed by atoms with E-state index in [1.807, 2.05) is 6.07 Å². The molecule has 19 heavy (non-hydrogen) atoms. The van der Waals surface area contributed by atoms with Crippen LogP contribution >= 0.6 is 0 Å². The SMILES string of the molecule is CC(C)(C)c1cnc(NS(C)(=O)=O)c(OC2CC2)c1. The van der Waals surface area contributed by atoms with Gasteiger partial charge in [-0.15, -0.1) is 0 Å². The average Bonchev–Trinajstić information content (AvgIpc) is 3.00. The number of anilines is 1. The Balaban J connectivity index is 2.36. The van der Waals surface area contributed by atoms with Crippen molar-refractivity contribution in [3.63, 3.8) is 0 Å². The molecule has 106 valence electrons. The van der Waals surface area contributed by atoms with Gasteiger partial charge in [0, 0.05) is 6.20 Å². The van der Waals surface area contributed by atoms with E-state index in [-0.39, 0.29) is 17.3 Å². The number of rotatable bonds is 4. The molecule has 0 atom stereocenters. The van der Waals surface area contributed by atoms with Gasteiger partial charge in [0.25, 0.3) is 0 Å². The second kappa shape index (κ2) is 4.67. The van der Waals surface area contributed by atoms with Crippen LogP contribution in [0.25, 0.3) is 0 Å². The normalized spacial score (nSPS) is 16.2. The number of aromatic nitrogens is 1. The molecule has 1 saturated carbocycles. The maximum absolute atomic E-state index is 11.3. The standard InChI is InChI=1S/C13H20N2O3S/c1-13(2,3)9-7-11(18-10-5-6-10)12(14-8-9)15-19(4,16)17/h7-8,10H,5-6H2,1-4H3,(H,14,15). The van der Waals surface area contributed by atoms with Crippen LogP contribution in [-0.4, -0.2) is 25.8 Å². The molecule has 0 amide bonds. The predicted octanol–water partition coefficient (Wildman–Crippen LogP) is 2.29. The minimum atomic E-state index is -3.36. The van der Waals surface area contributed by atoms with E-state index < -0.39 is 10.0 Å². The minimum Gasteiger partial charge on any atom is -0.487 e. The number of nitrogens with zero attached hydrogens (tertiary/aromatic N) is 1. The third-order valence-electron chi connectivity index (χ3n) is 2.82. The minimum absolute atomic E-state index is 0.0573. The van der Waals surface area contributed by atoms with Crippen LogP contribution in [-0.2, 0) is 15.4 Å². The monoisotopic (exact) mass is 284 g/mol. The molecule has 1 aliphatic carbocycles. The molecule has 0 unspecified atom stereocenters. The fourth-order valence-electron chi connectivity index (χ4n) is 1.56. The van der Waals surface area contributed by atoms with Gasteiger partial charge < -0.3 is 4.74 Å². The number of sulfonamides is 1. The smallest absolute Gasteiger partial charge is 0.231 e. The molecule has 0 aliphatic heterocycles. The Morgan fingerprint density at radius 1 is 1.37 bits per heavy atom. The van der Waals surface area contributed by atoms with E-state index in [1.165, 1.54) is 0 Å². The van der Waals surface area contributed by atoms with E-state index in [2.05, 4.69) is 30.5 Å². The highest BCUT2D eigenvalue weighted by Crippen LogP contribution is 2.34. The maximum Gasteiger partial charge on any atom is 0.231 e. The van der Waals surface area contributed by atoms with Crippen LogP contribution in [0.1, 0.15) is 39.2 Å². The molecule has 1 aromatic rings. The van der Waals surface area contributed by atoms with Gasteiger partial charge in [0.1, 0.15) is 0 Å². The summed E-state index contributed by atoms with van der Waals surface area (Å²) in [6.45, 7) is 6.23. The van der Waals surface area contributed by atoms with E-state index in [1.54, 1.807) is 6.20 Å². The second-order valence-electron chi connectivity index (χ2n) is 6.01. The summed E-state index contributed by atoms with van der Waals surface area (Å²) in [5, 5.41) is 0. The fraction of sp³-hybridized carbons (Fsp3) is 0.615. The Hall–Kier alpha value is -1.30. The van der Waals surface area contributed by atoms with Crippen LogP contribution in [0.3, 0.4) is 0 Å². The first-order chi connectivity index (χ1) is 8.65. The summed E-state index contributed by atoms with van der Waals surface area (Å²) < 4.78 is 30.8. The molecule has 2 rings (SSSR count). The van der Waals surface area contributed by atoms with Gasteiger partial charge in [-0.05, 0) is 29.9 Å². The lowest BCUT2D eigenvalue weighted by atomic mass is 9.88. The summed E-state index contributed by atoms with van der Waals surface area (Å²) >= 11 is 0. The lowest BCUT2D eigenvalue weighted by molar-refractivity contribution is 0.303. The zero-order chi connectivity index (χ0) is 14.3. The highest BCUT2D eigenvalue weighted by molar-refractivity contribution is 7.92. The van der Waals surface area contributed by atoms with Gasteiger partial charge in [0.05, 0.1) is 12.4 Å². The summed E-state index contributed by atoms with van der Waals surface area (Å²) in [7, 11) is -3.36. The largest absolute Gasteiger partial charge is 0.487 e. The first-order valence-electron chi connectivity index (χ1n) is 6.30. The molecule has 5 nitrogen and oxygen atoms in total. The Morgan fingerprint density at radius 3 is 2.47 bits per heavy atom. The number of nitrogens with one attached hydrogen (secondary N) is 1. The predicted molar refractivity (Wildman–Crippen MR) is 75.1 cm³/mol. The topological polar surface area (TPSA) is 68.3 Å². The van der Waals surface area contributed by atoms with Crippen molar-refractivity contribution in [2.24, 2.45) is 0 Å². The zero-order valence-electron chi connectivity index (χ0n) is 11.7. The lowest BCUT2D eigenvalue weighted by Gasteiger charge is -2.20. The van der Waals surface area contributed by atoms with E-state index in [9.17, 15) is 8.42 Å². The van der Waals surface area contributed by atoms with Gasteiger partial charge in [0.2, 0.25) is 10.0 Å². The van der Waals surface area contributed by atoms with Gasteiger partial charge >= 0.3 is 0 Å². The van der Waals surface area contributed by atoms with E-state index in [0.717, 1.165) is 24.7 Å². The van der Waals surface area contributed by atoms with Crippen molar-refractivity contribution in [3.8, 4) is 5.75 Å². The van der Waals surface area contributed by atoms with Gasteiger partial charge in [-0.2, -0.15) is 0 Å². The quantitative estimate of drug-likeness (QED) is 0.921. The Morgan fingerprint density at radius 2 is 2.00 bits per heavy atom. The third-order valence-corrected chi connectivity index (χ3v) is 3.38. The highest BCUT2D eigenvalue weighted by atomic mass is 32.2. The Bertz CT molecular complexity index is 572. The molecule has 1 aliphatic rings. The van der Waals surface area contributed by atoms with Gasteiger partial charge in [-0.3, -0.25) is 4.72 Å². The molecule has 6 heteroatoms. The van der Waals surface area contributed by atoms with Crippen molar-refractivity contribution in [1.29, 1.82) is 0 Å². The number of hydrogen-bond donors (Lipinski definition) is 1. The van der Waals surface area contributed by atoms with Gasteiger partial charge in [-0.1, -0.05) is 20.8 Å². The first-order valence-corrected chi connectivity index (χ1v) is 8.19. The Labute approximate surface area is 114 Å². The number of pyridine rings is 1. The van der Waals surface area contributed by atoms with E-state index in [4.69, 9.17) is 4.74 Å². The van der Waals surface area contributed by atoms with Crippen molar-refractivity contribution in [1.82, 2.24) is 4.98 Å². The maximum atomic E-state index is 11.3. The van der Waals surface area contributed by atoms with Crippen molar-refractivity contribution in [2.75, 3.05) is 11.0 Å². The molecular formula is C13H20N2O3S. The van der Waals surface area contributed by atoms with Crippen LogP contribution < -0.4 is 9.46 Å². The van der Waals surface area contributed by atoms with E-state index in [0.29, 0.717) is 5.75 Å². The van der Waals surface area contributed by atoms with E-state index >= 15 is 0 Å². The number of ether oxygens (including phenoxy) is 1. The summed E-state index contributed by atoms with van der Waals surface area (Å²) in [6.07, 6.45) is 5.01. The highest BCUT2D eigenvalue weighted by Gasteiger charge is 2.26. The first kappa shape index (κ1) is 14.1. The molecule has 1 heterocycles. The molecule has 0 aromatic carbocycles. The van der Waals surface area contributed by atoms with Crippen LogP contribution in [0.2, 0.25) is 0 Å². The van der Waals surface area contributed by atoms with Gasteiger partial charge in [-0.25, -0.2) is 13.4 Å². The molecule has 1 fully saturated rings.